The predicted octanol–water partition coefficient (Wildman–Crippen LogP) is 3.95. The molecule has 124 valence electrons. The Kier molecular flexibility index (Phi) is 4.09. The fourth-order valence-electron chi connectivity index (χ4n) is 2.40. The molecule has 7 heteroatoms. The second-order valence-electron chi connectivity index (χ2n) is 5.65. The topological polar surface area (TPSA) is 43.6 Å². The summed E-state index contributed by atoms with van der Waals surface area (Å²) in [6, 6.07) is 5.03. The summed E-state index contributed by atoms with van der Waals surface area (Å²) < 4.78 is 42.6. The zero-order valence-corrected chi connectivity index (χ0v) is 13.2. The van der Waals surface area contributed by atoms with Crippen LogP contribution in [0.4, 0.5) is 13.2 Å². The van der Waals surface area contributed by atoms with Crippen molar-refractivity contribution in [3.8, 4) is 11.1 Å². The van der Waals surface area contributed by atoms with E-state index in [1.807, 2.05) is 17.7 Å². The highest BCUT2D eigenvalue weighted by Crippen LogP contribution is 2.31. The third-order valence-electron chi connectivity index (χ3n) is 3.70. The molecule has 24 heavy (non-hydrogen) atoms. The van der Waals surface area contributed by atoms with Gasteiger partial charge in [-0.15, -0.1) is 0 Å². The average Bonchev–Trinajstić information content (AvgIpc) is 2.91. The number of aryl methyl sites for hydroxylation is 1. The van der Waals surface area contributed by atoms with Crippen LogP contribution in [-0.2, 0) is 12.5 Å². The molecule has 0 fully saturated rings. The van der Waals surface area contributed by atoms with Gasteiger partial charge in [-0.3, -0.25) is 0 Å². The Bertz CT molecular complexity index is 868. The van der Waals surface area contributed by atoms with Gasteiger partial charge in [0.1, 0.15) is 11.6 Å². The molecule has 0 saturated heterocycles. The van der Waals surface area contributed by atoms with Gasteiger partial charge < -0.3 is 4.57 Å². The van der Waals surface area contributed by atoms with Gasteiger partial charge in [-0.1, -0.05) is 0 Å². The third kappa shape index (κ3) is 3.45. The van der Waals surface area contributed by atoms with E-state index in [1.54, 1.807) is 12.3 Å². The Hall–Kier alpha value is -2.70. The summed E-state index contributed by atoms with van der Waals surface area (Å²) in [5.74, 6) is -3.01. The Morgan fingerprint density at radius 3 is 2.58 bits per heavy atom. The van der Waals surface area contributed by atoms with Gasteiger partial charge in [-0.05, 0) is 36.8 Å². The molecule has 0 spiro atoms. The van der Waals surface area contributed by atoms with Crippen LogP contribution in [-0.4, -0.2) is 19.7 Å². The zero-order chi connectivity index (χ0) is 17.3. The van der Waals surface area contributed by atoms with Crippen LogP contribution in [0.5, 0.6) is 0 Å². The van der Waals surface area contributed by atoms with Crippen molar-refractivity contribution in [2.24, 2.45) is 0 Å². The van der Waals surface area contributed by atoms with Gasteiger partial charge in [-0.2, -0.15) is 10.2 Å². The molecular weight excluding hydrogens is 317 g/mol. The minimum Gasteiger partial charge on any atom is -0.329 e. The molecular formula is C17H15F3N4. The van der Waals surface area contributed by atoms with E-state index in [1.165, 1.54) is 18.3 Å². The van der Waals surface area contributed by atoms with E-state index in [-0.39, 0.29) is 5.56 Å². The molecule has 3 rings (SSSR count). The van der Waals surface area contributed by atoms with Crippen LogP contribution in [0.1, 0.15) is 24.0 Å². The van der Waals surface area contributed by atoms with Crippen molar-refractivity contribution in [3.63, 3.8) is 0 Å². The van der Waals surface area contributed by atoms with Crippen molar-refractivity contribution in [3.05, 3.63) is 65.8 Å². The van der Waals surface area contributed by atoms with Crippen molar-refractivity contribution >= 4 is 0 Å². The number of hydrogen-bond acceptors (Lipinski definition) is 3. The highest BCUT2D eigenvalue weighted by molar-refractivity contribution is 5.63. The number of rotatable bonds is 4. The fraction of sp³-hybridized carbons (Fsp3) is 0.235. The molecule has 1 aromatic carbocycles. The fourth-order valence-corrected chi connectivity index (χ4v) is 2.40. The Labute approximate surface area is 137 Å². The standard InChI is InChI=1S/C17H15F3N4/c1-11-21-3-4-24(11)10-16-7-13(9-22-23-16)12-5-14(17(2,19)20)8-15(18)6-12/h3-9H,10H2,1-2H3. The lowest BCUT2D eigenvalue weighted by Crippen LogP contribution is -2.08. The second kappa shape index (κ2) is 6.07. The molecule has 0 unspecified atom stereocenters. The average molecular weight is 332 g/mol. The number of aromatic nitrogens is 4. The Balaban J connectivity index is 1.97. The maximum atomic E-state index is 13.7. The van der Waals surface area contributed by atoms with Crippen molar-refractivity contribution in [2.75, 3.05) is 0 Å². The molecule has 0 radical (unpaired) electrons. The van der Waals surface area contributed by atoms with Gasteiger partial charge in [0.05, 0.1) is 18.4 Å². The van der Waals surface area contributed by atoms with E-state index in [0.717, 1.165) is 18.8 Å². The Morgan fingerprint density at radius 2 is 1.92 bits per heavy atom. The monoisotopic (exact) mass is 332 g/mol. The van der Waals surface area contributed by atoms with Gasteiger partial charge in [-0.25, -0.2) is 18.2 Å². The molecule has 0 bridgehead atoms. The molecule has 0 amide bonds. The van der Waals surface area contributed by atoms with E-state index >= 15 is 0 Å². The first-order valence-corrected chi connectivity index (χ1v) is 7.31. The third-order valence-corrected chi connectivity index (χ3v) is 3.70. The molecule has 3 aromatic rings. The molecule has 2 aromatic heterocycles. The first-order valence-electron chi connectivity index (χ1n) is 7.31. The van der Waals surface area contributed by atoms with Gasteiger partial charge in [0.2, 0.25) is 0 Å². The minimum absolute atomic E-state index is 0.338. The van der Waals surface area contributed by atoms with Crippen LogP contribution in [0, 0.1) is 12.7 Å². The van der Waals surface area contributed by atoms with E-state index in [9.17, 15) is 13.2 Å². The van der Waals surface area contributed by atoms with Crippen molar-refractivity contribution < 1.29 is 13.2 Å². The van der Waals surface area contributed by atoms with Crippen LogP contribution in [0.2, 0.25) is 0 Å². The highest BCUT2D eigenvalue weighted by atomic mass is 19.3. The summed E-state index contributed by atoms with van der Waals surface area (Å²) in [7, 11) is 0. The summed E-state index contributed by atoms with van der Waals surface area (Å²) in [6.45, 7) is 3.04. The quantitative estimate of drug-likeness (QED) is 0.727. The minimum atomic E-state index is -3.12. The molecule has 0 N–H and O–H groups in total. The summed E-state index contributed by atoms with van der Waals surface area (Å²) in [5, 5.41) is 7.93. The largest absolute Gasteiger partial charge is 0.329 e. The number of imidazole rings is 1. The van der Waals surface area contributed by atoms with Crippen LogP contribution in [0.25, 0.3) is 11.1 Å². The Morgan fingerprint density at radius 1 is 1.12 bits per heavy atom. The number of halogens is 3. The van der Waals surface area contributed by atoms with Crippen LogP contribution in [0.15, 0.2) is 42.9 Å². The first-order chi connectivity index (χ1) is 11.3. The SMILES string of the molecule is Cc1nccn1Cc1cc(-c2cc(F)cc(C(C)(F)F)c2)cnn1. The predicted molar refractivity (Wildman–Crippen MR) is 83.1 cm³/mol. The molecule has 4 nitrogen and oxygen atoms in total. The van der Waals surface area contributed by atoms with Gasteiger partial charge in [0.25, 0.3) is 5.92 Å². The number of hydrogen-bond donors (Lipinski definition) is 0. The first kappa shape index (κ1) is 16.2. The number of benzene rings is 1. The summed E-state index contributed by atoms with van der Waals surface area (Å²) in [4.78, 5) is 4.13. The smallest absolute Gasteiger partial charge is 0.270 e. The van der Waals surface area contributed by atoms with Gasteiger partial charge in [0, 0.05) is 30.4 Å². The van der Waals surface area contributed by atoms with E-state index in [4.69, 9.17) is 0 Å². The van der Waals surface area contributed by atoms with Gasteiger partial charge in [0.15, 0.2) is 0 Å². The van der Waals surface area contributed by atoms with Crippen LogP contribution >= 0.6 is 0 Å². The van der Waals surface area contributed by atoms with E-state index in [0.29, 0.717) is 23.4 Å². The normalized spacial score (nSPS) is 11.7. The molecule has 0 aliphatic carbocycles. The van der Waals surface area contributed by atoms with Gasteiger partial charge >= 0.3 is 0 Å². The molecule has 0 atom stereocenters. The zero-order valence-electron chi connectivity index (χ0n) is 13.2. The number of nitrogens with zero attached hydrogens (tertiary/aromatic N) is 4. The van der Waals surface area contributed by atoms with Crippen LogP contribution in [0.3, 0.4) is 0 Å². The maximum absolute atomic E-state index is 13.7. The molecule has 0 aliphatic heterocycles. The molecule has 0 aliphatic rings. The lowest BCUT2D eigenvalue weighted by molar-refractivity contribution is 0.0172. The highest BCUT2D eigenvalue weighted by Gasteiger charge is 2.25. The van der Waals surface area contributed by atoms with E-state index < -0.39 is 11.7 Å². The lowest BCUT2D eigenvalue weighted by atomic mass is 10.0. The summed E-state index contributed by atoms with van der Waals surface area (Å²) in [5.41, 5.74) is 1.12. The second-order valence-corrected chi connectivity index (χ2v) is 5.65. The van der Waals surface area contributed by atoms with Crippen molar-refractivity contribution in [2.45, 2.75) is 26.3 Å². The summed E-state index contributed by atoms with van der Waals surface area (Å²) in [6.07, 6.45) is 4.91. The number of alkyl halides is 2. The molecule has 2 heterocycles. The maximum Gasteiger partial charge on any atom is 0.270 e. The lowest BCUT2D eigenvalue weighted by Gasteiger charge is -2.13. The van der Waals surface area contributed by atoms with E-state index in [2.05, 4.69) is 15.2 Å². The molecule has 0 saturated carbocycles. The summed E-state index contributed by atoms with van der Waals surface area (Å²) >= 11 is 0. The van der Waals surface area contributed by atoms with Crippen LogP contribution < -0.4 is 0 Å². The van der Waals surface area contributed by atoms with Crippen molar-refractivity contribution in [1.29, 1.82) is 0 Å². The van der Waals surface area contributed by atoms with Crippen molar-refractivity contribution in [1.82, 2.24) is 19.7 Å².